The first-order chi connectivity index (χ1) is 5.74. The lowest BCUT2D eigenvalue weighted by atomic mass is 10.3. The molecule has 0 aromatic carbocycles. The smallest absolute Gasteiger partial charge is 0.344 e. The number of halogens is 4. The van der Waals surface area contributed by atoms with Crippen molar-refractivity contribution in [2.24, 2.45) is 0 Å². The first-order valence-electron chi connectivity index (χ1n) is 3.70. The van der Waals surface area contributed by atoms with Crippen LogP contribution in [0.5, 0.6) is 0 Å². The van der Waals surface area contributed by atoms with Crippen LogP contribution in [0.15, 0.2) is 0 Å². The Balaban J connectivity index is 3.88. The molecule has 2 nitrogen and oxygen atoms in total. The van der Waals surface area contributed by atoms with E-state index in [1.807, 2.05) is 0 Å². The highest BCUT2D eigenvalue weighted by molar-refractivity contribution is 6.30. The molecule has 1 amide bonds. The number of rotatable bonds is 3. The van der Waals surface area contributed by atoms with Gasteiger partial charge in [0, 0.05) is 13.6 Å². The van der Waals surface area contributed by atoms with Gasteiger partial charge in [0.05, 0.1) is 6.42 Å². The van der Waals surface area contributed by atoms with Crippen molar-refractivity contribution in [3.8, 4) is 0 Å². The van der Waals surface area contributed by atoms with Crippen molar-refractivity contribution < 1.29 is 18.0 Å². The molecule has 0 heterocycles. The predicted octanol–water partition coefficient (Wildman–Crippen LogP) is 2.02. The van der Waals surface area contributed by atoms with Crippen LogP contribution in [0.1, 0.15) is 13.3 Å². The van der Waals surface area contributed by atoms with E-state index in [4.69, 9.17) is 11.6 Å². The fraction of sp³-hybridized carbons (Fsp3) is 0.857. The van der Waals surface area contributed by atoms with E-state index in [0.29, 0.717) is 0 Å². The normalized spacial score (nSPS) is 14.0. The Hall–Kier alpha value is -0.450. The minimum atomic E-state index is -4.23. The van der Waals surface area contributed by atoms with Gasteiger partial charge in [-0.05, 0) is 6.92 Å². The summed E-state index contributed by atoms with van der Waals surface area (Å²) in [4.78, 5) is 12.0. The molecule has 0 rings (SSSR count). The third-order valence-electron chi connectivity index (χ3n) is 1.45. The summed E-state index contributed by atoms with van der Waals surface area (Å²) in [6.45, 7) is 1.08. The van der Waals surface area contributed by atoms with Crippen molar-refractivity contribution in [2.45, 2.75) is 24.9 Å². The lowest BCUT2D eigenvalue weighted by molar-refractivity contribution is -0.143. The van der Waals surface area contributed by atoms with Crippen molar-refractivity contribution in [1.29, 1.82) is 0 Å². The number of nitrogens with zero attached hydrogens (tertiary/aromatic N) is 1. The first kappa shape index (κ1) is 12.6. The fourth-order valence-corrected chi connectivity index (χ4v) is 0.875. The molecule has 1 atom stereocenters. The van der Waals surface area contributed by atoms with Crippen molar-refractivity contribution >= 4 is 17.5 Å². The van der Waals surface area contributed by atoms with E-state index in [1.54, 1.807) is 0 Å². The molecule has 0 fully saturated rings. The molecule has 0 saturated carbocycles. The molecule has 78 valence electrons. The molecule has 0 spiro atoms. The van der Waals surface area contributed by atoms with Gasteiger partial charge in [0.1, 0.15) is 5.38 Å². The van der Waals surface area contributed by atoms with Gasteiger partial charge in [-0.25, -0.2) is 0 Å². The molecule has 13 heavy (non-hydrogen) atoms. The van der Waals surface area contributed by atoms with Gasteiger partial charge < -0.3 is 4.90 Å². The van der Waals surface area contributed by atoms with Crippen LogP contribution in [-0.2, 0) is 4.79 Å². The summed E-state index contributed by atoms with van der Waals surface area (Å²) < 4.78 is 35.1. The summed E-state index contributed by atoms with van der Waals surface area (Å²) in [7, 11) is 1.30. The quantitative estimate of drug-likeness (QED) is 0.663. The van der Waals surface area contributed by atoms with Crippen LogP contribution in [0, 0.1) is 0 Å². The Labute approximate surface area is 79.7 Å². The van der Waals surface area contributed by atoms with Gasteiger partial charge in [0.15, 0.2) is 0 Å². The zero-order valence-corrected chi connectivity index (χ0v) is 8.11. The monoisotopic (exact) mass is 217 g/mol. The second kappa shape index (κ2) is 4.69. The Morgan fingerprint density at radius 1 is 1.54 bits per heavy atom. The lowest BCUT2D eigenvalue weighted by Crippen LogP contribution is -2.34. The van der Waals surface area contributed by atoms with Gasteiger partial charge >= 0.3 is 6.18 Å². The van der Waals surface area contributed by atoms with Crippen molar-refractivity contribution in [1.82, 2.24) is 4.90 Å². The van der Waals surface area contributed by atoms with Gasteiger partial charge in [0.2, 0.25) is 5.91 Å². The first-order valence-corrected chi connectivity index (χ1v) is 4.13. The van der Waals surface area contributed by atoms with E-state index in [9.17, 15) is 18.0 Å². The number of carbonyl (C=O) groups is 1. The maximum atomic E-state index is 11.7. The summed E-state index contributed by atoms with van der Waals surface area (Å²) in [5, 5.41) is -0.779. The average Bonchev–Trinajstić information content (AvgIpc) is 1.97. The number of alkyl halides is 4. The molecule has 0 aromatic heterocycles. The summed E-state index contributed by atoms with van der Waals surface area (Å²) in [5.41, 5.74) is 0. The Morgan fingerprint density at radius 3 is 2.31 bits per heavy atom. The van der Waals surface area contributed by atoms with E-state index >= 15 is 0 Å². The standard InChI is InChI=1S/C7H11ClF3NO/c1-5(8)6(13)12(2)4-3-7(9,10)11/h5H,3-4H2,1-2H3. The second-order valence-electron chi connectivity index (χ2n) is 2.74. The van der Waals surface area contributed by atoms with Crippen molar-refractivity contribution in [3.05, 3.63) is 0 Å². The van der Waals surface area contributed by atoms with Crippen LogP contribution >= 0.6 is 11.6 Å². The molecular formula is C7H11ClF3NO. The molecule has 0 aromatic rings. The molecule has 0 aliphatic heterocycles. The lowest BCUT2D eigenvalue weighted by Gasteiger charge is -2.19. The Morgan fingerprint density at radius 2 is 2.00 bits per heavy atom. The SMILES string of the molecule is CC(Cl)C(=O)N(C)CCC(F)(F)F. The zero-order valence-electron chi connectivity index (χ0n) is 7.36. The molecule has 0 bridgehead atoms. The molecule has 0 radical (unpaired) electrons. The second-order valence-corrected chi connectivity index (χ2v) is 3.40. The van der Waals surface area contributed by atoms with E-state index in [0.717, 1.165) is 4.90 Å². The highest BCUT2D eigenvalue weighted by Crippen LogP contribution is 2.19. The van der Waals surface area contributed by atoms with Crippen molar-refractivity contribution in [3.63, 3.8) is 0 Å². The molecule has 0 aliphatic rings. The van der Waals surface area contributed by atoms with E-state index in [2.05, 4.69) is 0 Å². The van der Waals surface area contributed by atoms with E-state index in [-0.39, 0.29) is 6.54 Å². The molecule has 6 heteroatoms. The minimum absolute atomic E-state index is 0.348. The van der Waals surface area contributed by atoms with Gasteiger partial charge in [-0.3, -0.25) is 4.79 Å². The van der Waals surface area contributed by atoms with Gasteiger partial charge in [0.25, 0.3) is 0 Å². The van der Waals surface area contributed by atoms with Crippen LogP contribution < -0.4 is 0 Å². The van der Waals surface area contributed by atoms with Crippen LogP contribution in [0.25, 0.3) is 0 Å². The minimum Gasteiger partial charge on any atom is -0.344 e. The Bertz CT molecular complexity index is 181. The van der Waals surface area contributed by atoms with Crippen molar-refractivity contribution in [2.75, 3.05) is 13.6 Å². The van der Waals surface area contributed by atoms with Gasteiger partial charge in [-0.15, -0.1) is 11.6 Å². The van der Waals surface area contributed by atoms with E-state index in [1.165, 1.54) is 14.0 Å². The topological polar surface area (TPSA) is 20.3 Å². The average molecular weight is 218 g/mol. The summed E-state index contributed by atoms with van der Waals surface area (Å²) in [6, 6.07) is 0. The van der Waals surface area contributed by atoms with E-state index < -0.39 is 23.9 Å². The fourth-order valence-electron chi connectivity index (χ4n) is 0.708. The molecule has 0 aliphatic carbocycles. The van der Waals surface area contributed by atoms with Crippen LogP contribution in [0.3, 0.4) is 0 Å². The van der Waals surface area contributed by atoms with Crippen LogP contribution in [-0.4, -0.2) is 36.0 Å². The maximum absolute atomic E-state index is 11.7. The zero-order chi connectivity index (χ0) is 10.6. The predicted molar refractivity (Wildman–Crippen MR) is 43.6 cm³/mol. The number of carbonyl (C=O) groups excluding carboxylic acids is 1. The number of amides is 1. The summed E-state index contributed by atoms with van der Waals surface area (Å²) >= 11 is 5.40. The van der Waals surface area contributed by atoms with Gasteiger partial charge in [-0.1, -0.05) is 0 Å². The molecule has 0 N–H and O–H groups in total. The van der Waals surface area contributed by atoms with Gasteiger partial charge in [-0.2, -0.15) is 13.2 Å². The molecule has 0 saturated heterocycles. The third-order valence-corrected chi connectivity index (χ3v) is 1.63. The molecular weight excluding hydrogens is 207 g/mol. The molecule has 1 unspecified atom stereocenters. The highest BCUT2D eigenvalue weighted by Gasteiger charge is 2.28. The number of hydrogen-bond acceptors (Lipinski definition) is 1. The number of hydrogen-bond donors (Lipinski definition) is 0. The largest absolute Gasteiger partial charge is 0.390 e. The van der Waals surface area contributed by atoms with Crippen LogP contribution in [0.4, 0.5) is 13.2 Å². The third kappa shape index (κ3) is 5.74. The maximum Gasteiger partial charge on any atom is 0.390 e. The van der Waals surface area contributed by atoms with Crippen LogP contribution in [0.2, 0.25) is 0 Å². The summed E-state index contributed by atoms with van der Waals surface area (Å²) in [6.07, 6.45) is -5.23. The summed E-state index contributed by atoms with van der Waals surface area (Å²) in [5.74, 6) is -0.495. The highest BCUT2D eigenvalue weighted by atomic mass is 35.5. The Kier molecular flexibility index (Phi) is 4.53.